The first-order valence-electron chi connectivity index (χ1n) is 14.3. The van der Waals surface area contributed by atoms with Crippen LogP contribution in [0.4, 0.5) is 0 Å². The molecular formula is C39H25N3O. The number of fused-ring (bicyclic) bond motifs is 3. The largest absolute Gasteiger partial charge is 0.455 e. The lowest BCUT2D eigenvalue weighted by molar-refractivity contribution is 0.670. The van der Waals surface area contributed by atoms with Gasteiger partial charge in [-0.1, -0.05) is 140 Å². The van der Waals surface area contributed by atoms with E-state index < -0.39 is 0 Å². The fourth-order valence-corrected chi connectivity index (χ4v) is 5.59. The zero-order chi connectivity index (χ0) is 28.6. The molecule has 6 aromatic carbocycles. The minimum absolute atomic E-state index is 0.641. The third-order valence-corrected chi connectivity index (χ3v) is 7.75. The first-order valence-corrected chi connectivity index (χ1v) is 14.3. The molecule has 2 heterocycles. The summed E-state index contributed by atoms with van der Waals surface area (Å²) in [5.74, 6) is 1.95. The number of rotatable bonds is 5. The molecule has 4 nitrogen and oxygen atoms in total. The van der Waals surface area contributed by atoms with Crippen molar-refractivity contribution in [2.75, 3.05) is 0 Å². The number of hydrogen-bond donors (Lipinski definition) is 0. The van der Waals surface area contributed by atoms with Gasteiger partial charge in [-0.05, 0) is 28.8 Å². The molecule has 8 rings (SSSR count). The molecule has 0 spiro atoms. The Morgan fingerprint density at radius 2 is 0.860 bits per heavy atom. The molecule has 0 fully saturated rings. The van der Waals surface area contributed by atoms with E-state index in [4.69, 9.17) is 19.4 Å². The van der Waals surface area contributed by atoms with E-state index in [0.29, 0.717) is 17.5 Å². The predicted molar refractivity (Wildman–Crippen MR) is 174 cm³/mol. The van der Waals surface area contributed by atoms with Gasteiger partial charge in [-0.3, -0.25) is 0 Å². The van der Waals surface area contributed by atoms with E-state index in [1.807, 2.05) is 72.8 Å². The molecule has 0 saturated heterocycles. The Morgan fingerprint density at radius 3 is 1.56 bits per heavy atom. The first-order chi connectivity index (χ1) is 21.3. The molecule has 0 aliphatic rings. The van der Waals surface area contributed by atoms with Crippen LogP contribution in [0.5, 0.6) is 0 Å². The normalized spacial score (nSPS) is 11.3. The highest BCUT2D eigenvalue weighted by molar-refractivity contribution is 6.09. The summed E-state index contributed by atoms with van der Waals surface area (Å²) < 4.78 is 6.28. The number of hydrogen-bond acceptors (Lipinski definition) is 4. The summed E-state index contributed by atoms with van der Waals surface area (Å²) in [4.78, 5) is 14.6. The quantitative estimate of drug-likeness (QED) is 0.214. The second kappa shape index (κ2) is 10.5. The standard InChI is InChI=1S/C39H25N3O/c1-3-11-28(12-4-1)37-40-38(29-13-5-2-6-14-29)42-39(41-37)31-16-9-15-30(25-31)26-21-23-27(24-22-26)32-18-10-19-34-33-17-7-8-20-35(33)43-36(32)34/h1-25H. The van der Waals surface area contributed by atoms with Crippen LogP contribution >= 0.6 is 0 Å². The molecule has 0 aliphatic carbocycles. The van der Waals surface area contributed by atoms with E-state index >= 15 is 0 Å². The lowest BCUT2D eigenvalue weighted by Gasteiger charge is -2.10. The maximum Gasteiger partial charge on any atom is 0.164 e. The number of aromatic nitrogens is 3. The Balaban J connectivity index is 1.18. The fraction of sp³-hybridized carbons (Fsp3) is 0. The summed E-state index contributed by atoms with van der Waals surface area (Å²) in [6.07, 6.45) is 0. The first kappa shape index (κ1) is 24.9. The molecule has 4 heteroatoms. The van der Waals surface area contributed by atoms with Crippen LogP contribution in [-0.2, 0) is 0 Å². The summed E-state index contributed by atoms with van der Waals surface area (Å²) in [6, 6.07) is 51.6. The van der Waals surface area contributed by atoms with Crippen molar-refractivity contribution in [1.29, 1.82) is 0 Å². The molecule has 0 radical (unpaired) electrons. The van der Waals surface area contributed by atoms with Crippen molar-refractivity contribution in [3.63, 3.8) is 0 Å². The van der Waals surface area contributed by atoms with Gasteiger partial charge in [0, 0.05) is 33.0 Å². The van der Waals surface area contributed by atoms with Crippen LogP contribution in [0.2, 0.25) is 0 Å². The molecule has 43 heavy (non-hydrogen) atoms. The molecule has 0 bridgehead atoms. The van der Waals surface area contributed by atoms with Gasteiger partial charge in [0.15, 0.2) is 17.5 Å². The Morgan fingerprint density at radius 1 is 0.349 bits per heavy atom. The Kier molecular flexibility index (Phi) is 6.08. The SMILES string of the molecule is c1ccc(-c2nc(-c3ccccc3)nc(-c3cccc(-c4ccc(-c5cccc6c5oc5ccccc56)cc4)c3)n2)cc1. The second-order valence-electron chi connectivity index (χ2n) is 10.5. The van der Waals surface area contributed by atoms with Gasteiger partial charge in [-0.2, -0.15) is 0 Å². The summed E-state index contributed by atoms with van der Waals surface area (Å²) in [5, 5.41) is 2.27. The van der Waals surface area contributed by atoms with Crippen molar-refractivity contribution in [3.05, 3.63) is 152 Å². The molecule has 0 amide bonds. The van der Waals surface area contributed by atoms with Gasteiger partial charge < -0.3 is 4.42 Å². The second-order valence-corrected chi connectivity index (χ2v) is 10.5. The van der Waals surface area contributed by atoms with Crippen molar-refractivity contribution in [2.24, 2.45) is 0 Å². The average Bonchev–Trinajstić information content (AvgIpc) is 3.48. The smallest absolute Gasteiger partial charge is 0.164 e. The predicted octanol–water partition coefficient (Wildman–Crippen LogP) is 10.1. The van der Waals surface area contributed by atoms with E-state index in [9.17, 15) is 0 Å². The summed E-state index contributed by atoms with van der Waals surface area (Å²) >= 11 is 0. The molecule has 0 atom stereocenters. The maximum atomic E-state index is 6.28. The molecule has 2 aromatic heterocycles. The Bertz CT molecular complexity index is 2160. The van der Waals surface area contributed by atoms with Gasteiger partial charge in [0.05, 0.1) is 0 Å². The average molecular weight is 552 g/mol. The topological polar surface area (TPSA) is 51.8 Å². The van der Waals surface area contributed by atoms with Crippen LogP contribution in [0.1, 0.15) is 0 Å². The number of nitrogens with zero attached hydrogens (tertiary/aromatic N) is 3. The third kappa shape index (κ3) is 4.65. The van der Waals surface area contributed by atoms with E-state index in [0.717, 1.165) is 60.9 Å². The zero-order valence-corrected chi connectivity index (χ0v) is 23.2. The highest BCUT2D eigenvalue weighted by atomic mass is 16.3. The van der Waals surface area contributed by atoms with Gasteiger partial charge >= 0.3 is 0 Å². The number of benzene rings is 6. The molecule has 0 saturated carbocycles. The van der Waals surface area contributed by atoms with Crippen molar-refractivity contribution < 1.29 is 4.42 Å². The van der Waals surface area contributed by atoms with Gasteiger partial charge in [0.25, 0.3) is 0 Å². The minimum atomic E-state index is 0.641. The van der Waals surface area contributed by atoms with Crippen LogP contribution in [0, 0.1) is 0 Å². The van der Waals surface area contributed by atoms with E-state index in [1.165, 1.54) is 0 Å². The lowest BCUT2D eigenvalue weighted by atomic mass is 9.98. The lowest BCUT2D eigenvalue weighted by Crippen LogP contribution is -2.00. The van der Waals surface area contributed by atoms with Crippen LogP contribution in [0.25, 0.3) is 78.4 Å². The molecule has 0 aliphatic heterocycles. The molecular weight excluding hydrogens is 526 g/mol. The molecule has 202 valence electrons. The molecule has 8 aromatic rings. The third-order valence-electron chi connectivity index (χ3n) is 7.75. The van der Waals surface area contributed by atoms with Gasteiger partial charge in [-0.15, -0.1) is 0 Å². The van der Waals surface area contributed by atoms with E-state index in [-0.39, 0.29) is 0 Å². The molecule has 0 unspecified atom stereocenters. The fourth-order valence-electron chi connectivity index (χ4n) is 5.59. The van der Waals surface area contributed by atoms with Crippen LogP contribution in [0.15, 0.2) is 156 Å². The van der Waals surface area contributed by atoms with Crippen LogP contribution in [0.3, 0.4) is 0 Å². The van der Waals surface area contributed by atoms with E-state index in [2.05, 4.69) is 78.9 Å². The van der Waals surface area contributed by atoms with Crippen LogP contribution < -0.4 is 0 Å². The van der Waals surface area contributed by atoms with Crippen molar-refractivity contribution in [2.45, 2.75) is 0 Å². The number of furan rings is 1. The minimum Gasteiger partial charge on any atom is -0.455 e. The van der Waals surface area contributed by atoms with Gasteiger partial charge in [-0.25, -0.2) is 15.0 Å². The summed E-state index contributed by atoms with van der Waals surface area (Å²) in [5.41, 5.74) is 9.06. The molecule has 0 N–H and O–H groups in total. The van der Waals surface area contributed by atoms with E-state index in [1.54, 1.807) is 0 Å². The van der Waals surface area contributed by atoms with Gasteiger partial charge in [0.1, 0.15) is 11.2 Å². The van der Waals surface area contributed by atoms with Crippen molar-refractivity contribution >= 4 is 21.9 Å². The maximum absolute atomic E-state index is 6.28. The van der Waals surface area contributed by atoms with Crippen LogP contribution in [-0.4, -0.2) is 15.0 Å². The van der Waals surface area contributed by atoms with Crippen molar-refractivity contribution in [3.8, 4) is 56.4 Å². The highest BCUT2D eigenvalue weighted by Crippen LogP contribution is 2.36. The van der Waals surface area contributed by atoms with Gasteiger partial charge in [0.2, 0.25) is 0 Å². The monoisotopic (exact) mass is 551 g/mol. The highest BCUT2D eigenvalue weighted by Gasteiger charge is 2.14. The Labute approximate surface area is 249 Å². The summed E-state index contributed by atoms with van der Waals surface area (Å²) in [6.45, 7) is 0. The Hall–Kier alpha value is -5.87. The summed E-state index contributed by atoms with van der Waals surface area (Å²) in [7, 11) is 0. The van der Waals surface area contributed by atoms with Crippen molar-refractivity contribution in [1.82, 2.24) is 15.0 Å². The number of para-hydroxylation sites is 2. The zero-order valence-electron chi connectivity index (χ0n) is 23.2.